The summed E-state index contributed by atoms with van der Waals surface area (Å²) >= 11 is 0. The number of nitrogens with two attached hydrogens (primary N) is 1. The molecule has 4 aliphatic carbocycles. The van der Waals surface area contributed by atoms with Gasteiger partial charge in [0.25, 0.3) is 0 Å². The maximum absolute atomic E-state index is 13.9. The van der Waals surface area contributed by atoms with E-state index in [0.29, 0.717) is 23.3 Å². The predicted octanol–water partition coefficient (Wildman–Crippen LogP) is 8.08. The summed E-state index contributed by atoms with van der Waals surface area (Å²) in [6.45, 7) is 11.9. The first-order chi connectivity index (χ1) is 28.8. The van der Waals surface area contributed by atoms with E-state index in [0.717, 1.165) is 57.8 Å². The van der Waals surface area contributed by atoms with Gasteiger partial charge in [-0.2, -0.15) is 0 Å². The minimum absolute atomic E-state index is 0.0230. The van der Waals surface area contributed by atoms with Crippen molar-refractivity contribution in [3.05, 3.63) is 108 Å². The Bertz CT molecular complexity index is 1970. The zero-order valence-corrected chi connectivity index (χ0v) is 35.6. The van der Waals surface area contributed by atoms with E-state index in [1.54, 1.807) is 86.7 Å². The molecule has 11 nitrogen and oxygen atoms in total. The van der Waals surface area contributed by atoms with Crippen molar-refractivity contribution in [1.29, 1.82) is 0 Å². The predicted molar refractivity (Wildman–Crippen MR) is 224 cm³/mol. The summed E-state index contributed by atoms with van der Waals surface area (Å²) in [4.78, 5) is 54.3. The molecule has 322 valence electrons. The minimum Gasteiger partial charge on any atom is -0.469 e. The second kappa shape index (κ2) is 17.8. The highest BCUT2D eigenvalue weighted by Crippen LogP contribution is 2.68. The first kappa shape index (κ1) is 43.5. The molecule has 0 aromatic heterocycles. The molecule has 13 atom stereocenters. The molecule has 0 bridgehead atoms. The number of hydrogen-bond acceptors (Lipinski definition) is 11. The van der Waals surface area contributed by atoms with Crippen LogP contribution in [0.2, 0.25) is 0 Å². The van der Waals surface area contributed by atoms with Gasteiger partial charge in [-0.15, -0.1) is 0 Å². The average molecular weight is 824 g/mol. The number of methoxy groups -OCH3 is 1. The van der Waals surface area contributed by atoms with Gasteiger partial charge in [0.1, 0.15) is 0 Å². The third-order valence-corrected chi connectivity index (χ3v) is 15.1. The molecule has 2 aromatic carbocycles. The van der Waals surface area contributed by atoms with E-state index in [1.807, 2.05) is 0 Å². The number of ether oxygens (including phenoxy) is 6. The summed E-state index contributed by atoms with van der Waals surface area (Å²) < 4.78 is 37.3. The normalized spacial score (nSPS) is 37.5. The number of rotatable bonds is 11. The second-order valence-corrected chi connectivity index (χ2v) is 18.0. The molecule has 2 N–H and O–H groups in total. The molecule has 4 saturated carbocycles. The highest BCUT2D eigenvalue weighted by atomic mass is 16.7. The van der Waals surface area contributed by atoms with Crippen molar-refractivity contribution in [2.75, 3.05) is 7.11 Å². The van der Waals surface area contributed by atoms with E-state index in [2.05, 4.69) is 20.4 Å². The summed E-state index contributed by atoms with van der Waals surface area (Å²) in [5.74, 6) is -1.30. The zero-order valence-electron chi connectivity index (χ0n) is 35.6. The van der Waals surface area contributed by atoms with Crippen LogP contribution in [-0.2, 0) is 38.0 Å². The van der Waals surface area contributed by atoms with Crippen molar-refractivity contribution in [3.8, 4) is 0 Å². The Hall–Kier alpha value is -4.58. The maximum Gasteiger partial charge on any atom is 0.338 e. The number of fused-ring (bicyclic) bond motifs is 5. The van der Waals surface area contributed by atoms with Gasteiger partial charge in [0.2, 0.25) is 0 Å². The number of allylic oxidation sites excluding steroid dienone is 3. The van der Waals surface area contributed by atoms with Crippen LogP contribution in [0.25, 0.3) is 0 Å². The van der Waals surface area contributed by atoms with Crippen molar-refractivity contribution in [3.63, 3.8) is 0 Å². The highest BCUT2D eigenvalue weighted by molar-refractivity contribution is 5.92. The first-order valence-corrected chi connectivity index (χ1v) is 21.6. The molecule has 2 aromatic rings. The van der Waals surface area contributed by atoms with Crippen LogP contribution in [0, 0.1) is 34.5 Å². The molecule has 1 aliphatic heterocycles. The number of hydrogen-bond donors (Lipinski definition) is 1. The Kier molecular flexibility index (Phi) is 12.9. The molecule has 11 heteroatoms. The lowest BCUT2D eigenvalue weighted by molar-refractivity contribution is -0.309. The van der Waals surface area contributed by atoms with Gasteiger partial charge < -0.3 is 34.2 Å². The third kappa shape index (κ3) is 8.00. The van der Waals surface area contributed by atoms with Gasteiger partial charge in [-0.25, -0.2) is 14.4 Å². The quantitative estimate of drug-likeness (QED) is 0.0771. The van der Waals surface area contributed by atoms with Gasteiger partial charge in [0.15, 0.2) is 24.6 Å². The molecule has 60 heavy (non-hydrogen) atoms. The van der Waals surface area contributed by atoms with Crippen LogP contribution in [0.3, 0.4) is 0 Å². The van der Waals surface area contributed by atoms with E-state index in [-0.39, 0.29) is 40.0 Å². The fourth-order valence-corrected chi connectivity index (χ4v) is 11.8. The third-order valence-electron chi connectivity index (χ3n) is 15.1. The smallest absolute Gasteiger partial charge is 0.338 e. The topological polar surface area (TPSA) is 150 Å². The maximum atomic E-state index is 13.9. The second-order valence-electron chi connectivity index (χ2n) is 18.0. The molecular weight excluding hydrogens is 763 g/mol. The SMILES string of the molecule is C=C/C=C(\C=C/C)C(=O)OC1C(OC(=O)c2ccccc2)C(C)OC(OC2CCC3(C)C(CCC4C3CCC3(C)C(C(=O)OC)CCC43N)C2)C1OC(=O)c1ccccc1. The standard InChI is InChI=1S/C49H61NO10/c1-7-15-31(16-8-2)42(51)59-40-39(58-43(52)32-17-11-9-12-18-32)30(3)56-46(41(40)60-44(53)33-19-13-10-14-20-33)57-35-23-26-47(4)34(29-35)21-22-37-36(47)24-27-48(5)38(45(54)55-6)25-28-49(37,48)50/h7-20,30,34-41,46H,1,21-29,50H2,2-6H3/b16-8-,31-15+. The number of carbonyl (C=O) groups excluding carboxylic acids is 4. The zero-order chi connectivity index (χ0) is 42.8. The Morgan fingerprint density at radius 1 is 0.800 bits per heavy atom. The fourth-order valence-electron chi connectivity index (χ4n) is 11.8. The van der Waals surface area contributed by atoms with E-state index in [4.69, 9.17) is 34.2 Å². The van der Waals surface area contributed by atoms with Crippen molar-refractivity contribution in [2.24, 2.45) is 40.2 Å². The van der Waals surface area contributed by atoms with Gasteiger partial charge in [-0.3, -0.25) is 4.79 Å². The van der Waals surface area contributed by atoms with Crippen molar-refractivity contribution in [1.82, 2.24) is 0 Å². The Labute approximate surface area is 354 Å². The summed E-state index contributed by atoms with van der Waals surface area (Å²) in [5.41, 5.74) is 7.56. The summed E-state index contributed by atoms with van der Waals surface area (Å²) in [7, 11) is 1.48. The van der Waals surface area contributed by atoms with E-state index >= 15 is 0 Å². The molecule has 1 heterocycles. The van der Waals surface area contributed by atoms with Crippen LogP contribution in [-0.4, -0.2) is 73.3 Å². The number of carbonyl (C=O) groups is 4. The van der Waals surface area contributed by atoms with Crippen LogP contribution in [0.4, 0.5) is 0 Å². The molecule has 1 saturated heterocycles. The minimum atomic E-state index is -1.32. The van der Waals surface area contributed by atoms with Crippen LogP contribution in [0.1, 0.15) is 106 Å². The molecule has 5 aliphatic rings. The summed E-state index contributed by atoms with van der Waals surface area (Å²) in [5, 5.41) is 0. The van der Waals surface area contributed by atoms with E-state index in [1.165, 1.54) is 19.3 Å². The Morgan fingerprint density at radius 2 is 1.45 bits per heavy atom. The monoisotopic (exact) mass is 823 g/mol. The summed E-state index contributed by atoms with van der Waals surface area (Å²) in [6, 6.07) is 17.0. The fraction of sp³-hybridized carbons (Fsp3) is 0.551. The number of esters is 4. The van der Waals surface area contributed by atoms with Crippen LogP contribution in [0.15, 0.2) is 97.1 Å². The molecule has 0 amide bonds. The van der Waals surface area contributed by atoms with Gasteiger partial charge in [0, 0.05) is 5.54 Å². The lowest BCUT2D eigenvalue weighted by atomic mass is 9.42. The van der Waals surface area contributed by atoms with Gasteiger partial charge in [-0.05, 0) is 131 Å². The molecular formula is C49H61NO10. The van der Waals surface area contributed by atoms with Crippen LogP contribution in [0.5, 0.6) is 0 Å². The molecule has 0 radical (unpaired) electrons. The van der Waals surface area contributed by atoms with E-state index < -0.39 is 54.2 Å². The molecule has 13 unspecified atom stereocenters. The summed E-state index contributed by atoms with van der Waals surface area (Å²) in [6.07, 6.45) is 8.08. The first-order valence-electron chi connectivity index (χ1n) is 21.6. The van der Waals surface area contributed by atoms with Crippen molar-refractivity contribution < 1.29 is 47.6 Å². The van der Waals surface area contributed by atoms with Gasteiger partial charge in [-0.1, -0.05) is 75.1 Å². The van der Waals surface area contributed by atoms with Crippen molar-refractivity contribution >= 4 is 23.9 Å². The van der Waals surface area contributed by atoms with Gasteiger partial charge >= 0.3 is 23.9 Å². The van der Waals surface area contributed by atoms with Gasteiger partial charge in [0.05, 0.1) is 41.9 Å². The van der Waals surface area contributed by atoms with Crippen molar-refractivity contribution in [2.45, 2.75) is 128 Å². The lowest BCUT2D eigenvalue weighted by Crippen LogP contribution is -2.67. The average Bonchev–Trinajstić information content (AvgIpc) is 3.54. The molecule has 0 spiro atoms. The van der Waals surface area contributed by atoms with E-state index in [9.17, 15) is 19.2 Å². The van der Waals surface area contributed by atoms with Crippen LogP contribution >= 0.6 is 0 Å². The Morgan fingerprint density at radius 3 is 2.07 bits per heavy atom. The van der Waals surface area contributed by atoms with Crippen LogP contribution < -0.4 is 5.73 Å². The lowest BCUT2D eigenvalue weighted by Gasteiger charge is -2.64. The molecule has 7 rings (SSSR count). The number of benzene rings is 2. The Balaban J connectivity index is 1.16. The highest BCUT2D eigenvalue weighted by Gasteiger charge is 2.67. The largest absolute Gasteiger partial charge is 0.469 e. The molecule has 5 fully saturated rings.